The van der Waals surface area contributed by atoms with Gasteiger partial charge in [0, 0.05) is 30.9 Å². The number of carbonyl (C=O) groups is 2. The summed E-state index contributed by atoms with van der Waals surface area (Å²) in [5.41, 5.74) is 2.44. The number of aromatic nitrogens is 2. The molecule has 3 rings (SSSR count). The minimum Gasteiger partial charge on any atom is -0.496 e. The number of ether oxygens (including phenoxy) is 1. The number of nitrogens with zero attached hydrogens (tertiary/aromatic N) is 2. The standard InChI is InChI=1S/C23H23FN4O3/c1-4-25-23(30)28-22-26-12-15(13-27-22)10-18-8-9-19(31-3)20(21(18)24)17-7-5-6-16(11-17)14(2)29/h5-9,11-13H,4,10H2,1-3H3,(H2,25,26,27,28,30). The molecule has 0 aliphatic rings. The SMILES string of the molecule is CCNC(=O)Nc1ncc(Cc2ccc(OC)c(-c3cccc(C(C)=O)c3)c2F)cn1. The molecule has 0 saturated heterocycles. The highest BCUT2D eigenvalue weighted by molar-refractivity contribution is 5.95. The summed E-state index contributed by atoms with van der Waals surface area (Å²) in [6, 6.07) is 9.74. The van der Waals surface area contributed by atoms with Crippen molar-refractivity contribution < 1.29 is 18.7 Å². The number of rotatable bonds is 7. The van der Waals surface area contributed by atoms with Crippen molar-refractivity contribution in [3.05, 3.63) is 71.3 Å². The summed E-state index contributed by atoms with van der Waals surface area (Å²) < 4.78 is 20.9. The van der Waals surface area contributed by atoms with Crippen LogP contribution in [0.2, 0.25) is 0 Å². The second-order valence-corrected chi connectivity index (χ2v) is 6.83. The summed E-state index contributed by atoms with van der Waals surface area (Å²) in [7, 11) is 1.47. The molecule has 31 heavy (non-hydrogen) atoms. The van der Waals surface area contributed by atoms with Gasteiger partial charge in [0.1, 0.15) is 11.6 Å². The molecular formula is C23H23FN4O3. The first kappa shape index (κ1) is 21.9. The highest BCUT2D eigenvalue weighted by atomic mass is 19.1. The number of urea groups is 1. The van der Waals surface area contributed by atoms with Gasteiger partial charge in [0.2, 0.25) is 5.95 Å². The molecule has 0 aliphatic heterocycles. The average molecular weight is 422 g/mol. The van der Waals surface area contributed by atoms with E-state index in [2.05, 4.69) is 20.6 Å². The van der Waals surface area contributed by atoms with Gasteiger partial charge in [-0.05, 0) is 42.7 Å². The van der Waals surface area contributed by atoms with E-state index in [0.717, 1.165) is 0 Å². The lowest BCUT2D eigenvalue weighted by atomic mass is 9.96. The number of ketones is 1. The molecule has 0 bridgehead atoms. The molecule has 0 fully saturated rings. The van der Waals surface area contributed by atoms with Crippen LogP contribution in [0.25, 0.3) is 11.1 Å². The van der Waals surface area contributed by atoms with Crippen LogP contribution >= 0.6 is 0 Å². The van der Waals surface area contributed by atoms with E-state index in [9.17, 15) is 9.59 Å². The first-order valence-corrected chi connectivity index (χ1v) is 9.75. The van der Waals surface area contributed by atoms with Gasteiger partial charge >= 0.3 is 6.03 Å². The lowest BCUT2D eigenvalue weighted by Crippen LogP contribution is -2.29. The van der Waals surface area contributed by atoms with E-state index in [1.807, 2.05) is 0 Å². The van der Waals surface area contributed by atoms with Crippen molar-refractivity contribution >= 4 is 17.8 Å². The number of nitrogens with one attached hydrogen (secondary N) is 2. The third-order valence-corrected chi connectivity index (χ3v) is 4.62. The summed E-state index contributed by atoms with van der Waals surface area (Å²) >= 11 is 0. The molecule has 1 aromatic heterocycles. The molecule has 0 aliphatic carbocycles. The summed E-state index contributed by atoms with van der Waals surface area (Å²) in [4.78, 5) is 31.5. The van der Waals surface area contributed by atoms with Gasteiger partial charge in [-0.15, -0.1) is 0 Å². The van der Waals surface area contributed by atoms with Crippen LogP contribution in [0.5, 0.6) is 5.75 Å². The molecule has 8 heteroatoms. The summed E-state index contributed by atoms with van der Waals surface area (Å²) in [5.74, 6) is -0.00764. The molecule has 7 nitrogen and oxygen atoms in total. The van der Waals surface area contributed by atoms with E-state index >= 15 is 4.39 Å². The molecule has 2 aromatic carbocycles. The Balaban J connectivity index is 1.90. The highest BCUT2D eigenvalue weighted by Crippen LogP contribution is 2.35. The Morgan fingerprint density at radius 3 is 2.52 bits per heavy atom. The Morgan fingerprint density at radius 2 is 1.87 bits per heavy atom. The Hall–Kier alpha value is -3.81. The minimum atomic E-state index is -0.440. The smallest absolute Gasteiger partial charge is 0.321 e. The van der Waals surface area contributed by atoms with Crippen molar-refractivity contribution in [2.24, 2.45) is 0 Å². The first-order valence-electron chi connectivity index (χ1n) is 9.75. The van der Waals surface area contributed by atoms with E-state index in [0.29, 0.717) is 40.1 Å². The van der Waals surface area contributed by atoms with Gasteiger partial charge in [-0.1, -0.05) is 24.3 Å². The van der Waals surface area contributed by atoms with Gasteiger partial charge < -0.3 is 10.1 Å². The second kappa shape index (κ2) is 9.80. The topological polar surface area (TPSA) is 93.2 Å². The lowest BCUT2D eigenvalue weighted by molar-refractivity contribution is 0.101. The Labute approximate surface area is 179 Å². The first-order chi connectivity index (χ1) is 14.9. The molecular weight excluding hydrogens is 399 g/mol. The number of benzene rings is 2. The number of hydrogen-bond donors (Lipinski definition) is 2. The van der Waals surface area contributed by atoms with Crippen LogP contribution in [0.4, 0.5) is 15.1 Å². The number of halogens is 1. The molecule has 160 valence electrons. The average Bonchev–Trinajstić information content (AvgIpc) is 2.76. The summed E-state index contributed by atoms with van der Waals surface area (Å²) in [6.07, 6.45) is 3.32. The largest absolute Gasteiger partial charge is 0.496 e. The van der Waals surface area contributed by atoms with Gasteiger partial charge in [-0.25, -0.2) is 19.2 Å². The molecule has 3 aromatic rings. The van der Waals surface area contributed by atoms with E-state index in [1.165, 1.54) is 26.4 Å². The Kier molecular flexibility index (Phi) is 6.92. The van der Waals surface area contributed by atoms with Crippen LogP contribution in [0, 0.1) is 5.82 Å². The number of methoxy groups -OCH3 is 1. The van der Waals surface area contributed by atoms with Crippen molar-refractivity contribution in [1.29, 1.82) is 0 Å². The van der Waals surface area contributed by atoms with Crippen LogP contribution in [-0.2, 0) is 6.42 Å². The molecule has 0 atom stereocenters. The van der Waals surface area contributed by atoms with Gasteiger partial charge in [0.05, 0.1) is 12.7 Å². The van der Waals surface area contributed by atoms with Crippen molar-refractivity contribution in [3.63, 3.8) is 0 Å². The molecule has 0 radical (unpaired) electrons. The normalized spacial score (nSPS) is 10.5. The fourth-order valence-corrected chi connectivity index (χ4v) is 3.11. The summed E-state index contributed by atoms with van der Waals surface area (Å²) in [6.45, 7) is 3.75. The van der Waals surface area contributed by atoms with Gasteiger partial charge in [-0.2, -0.15) is 0 Å². The van der Waals surface area contributed by atoms with Gasteiger partial charge in [0.15, 0.2) is 5.78 Å². The van der Waals surface area contributed by atoms with Crippen LogP contribution in [0.3, 0.4) is 0 Å². The number of anilines is 1. The molecule has 0 spiro atoms. The van der Waals surface area contributed by atoms with Crippen LogP contribution in [0.15, 0.2) is 48.8 Å². The zero-order chi connectivity index (χ0) is 22.4. The van der Waals surface area contributed by atoms with Crippen molar-refractivity contribution in [2.75, 3.05) is 19.0 Å². The van der Waals surface area contributed by atoms with E-state index in [1.54, 1.807) is 43.3 Å². The number of carbonyl (C=O) groups excluding carboxylic acids is 2. The van der Waals surface area contributed by atoms with Crippen molar-refractivity contribution in [3.8, 4) is 16.9 Å². The zero-order valence-electron chi connectivity index (χ0n) is 17.5. The monoisotopic (exact) mass is 422 g/mol. The van der Waals surface area contributed by atoms with E-state index in [4.69, 9.17) is 4.74 Å². The Bertz CT molecular complexity index is 1100. The van der Waals surface area contributed by atoms with Crippen molar-refractivity contribution in [2.45, 2.75) is 20.3 Å². The predicted octanol–water partition coefficient (Wildman–Crippen LogP) is 4.23. The van der Waals surface area contributed by atoms with Gasteiger partial charge in [-0.3, -0.25) is 10.1 Å². The summed E-state index contributed by atoms with van der Waals surface area (Å²) in [5, 5.41) is 5.10. The van der Waals surface area contributed by atoms with Crippen LogP contribution < -0.4 is 15.4 Å². The third kappa shape index (κ3) is 5.22. The predicted molar refractivity (Wildman–Crippen MR) is 116 cm³/mol. The Morgan fingerprint density at radius 1 is 1.13 bits per heavy atom. The molecule has 2 amide bonds. The maximum absolute atomic E-state index is 15.5. The lowest BCUT2D eigenvalue weighted by Gasteiger charge is -2.14. The minimum absolute atomic E-state index is 0.101. The highest BCUT2D eigenvalue weighted by Gasteiger charge is 2.17. The molecule has 1 heterocycles. The second-order valence-electron chi connectivity index (χ2n) is 6.83. The number of amides is 2. The molecule has 0 unspecified atom stereocenters. The number of hydrogen-bond acceptors (Lipinski definition) is 5. The number of Topliss-reactive ketones (excluding diaryl/α,β-unsaturated/α-hetero) is 1. The van der Waals surface area contributed by atoms with E-state index in [-0.39, 0.29) is 18.2 Å². The zero-order valence-corrected chi connectivity index (χ0v) is 17.5. The fourth-order valence-electron chi connectivity index (χ4n) is 3.11. The molecule has 2 N–H and O–H groups in total. The quantitative estimate of drug-likeness (QED) is 0.556. The van der Waals surface area contributed by atoms with E-state index < -0.39 is 11.8 Å². The fraction of sp³-hybridized carbons (Fsp3) is 0.217. The van der Waals surface area contributed by atoms with Crippen LogP contribution in [0.1, 0.15) is 35.3 Å². The van der Waals surface area contributed by atoms with Crippen LogP contribution in [-0.4, -0.2) is 35.4 Å². The third-order valence-electron chi connectivity index (χ3n) is 4.62. The van der Waals surface area contributed by atoms with Gasteiger partial charge in [0.25, 0.3) is 0 Å². The maximum atomic E-state index is 15.5. The maximum Gasteiger partial charge on any atom is 0.321 e. The van der Waals surface area contributed by atoms with Crippen molar-refractivity contribution in [1.82, 2.24) is 15.3 Å². The molecule has 0 saturated carbocycles.